The van der Waals surface area contributed by atoms with Gasteiger partial charge in [-0.2, -0.15) is 0 Å². The molecule has 1 aliphatic heterocycles. The molecule has 0 radical (unpaired) electrons. The van der Waals surface area contributed by atoms with Crippen LogP contribution in [0.25, 0.3) is 11.4 Å². The smallest absolute Gasteiger partial charge is 0.254 e. The summed E-state index contributed by atoms with van der Waals surface area (Å²) in [6.45, 7) is 5.19. The Morgan fingerprint density at radius 2 is 2.00 bits per heavy atom. The molecule has 1 aromatic heterocycles. The molecule has 0 N–H and O–H groups in total. The zero-order chi connectivity index (χ0) is 15.7. The number of carbonyl (C=O) groups excluding carboxylic acids is 1. The number of nitrogens with zero attached hydrogens (tertiary/aromatic N) is 5. The summed E-state index contributed by atoms with van der Waals surface area (Å²) in [5, 5.41) is 11.4. The fraction of sp³-hybridized carbons (Fsp3) is 0.467. The molecule has 1 amide bonds. The van der Waals surface area contributed by atoms with Crippen LogP contribution >= 0.6 is 0 Å². The number of rotatable bonds is 2. The normalized spacial score (nSPS) is 21.9. The third-order valence-electron chi connectivity index (χ3n) is 3.69. The van der Waals surface area contributed by atoms with E-state index in [9.17, 15) is 4.79 Å². The topological polar surface area (TPSA) is 73.1 Å². The summed E-state index contributed by atoms with van der Waals surface area (Å²) >= 11 is 0. The third-order valence-corrected chi connectivity index (χ3v) is 3.69. The molecular formula is C15H19N5O2. The van der Waals surface area contributed by atoms with Crippen LogP contribution in [0.2, 0.25) is 0 Å². The van der Waals surface area contributed by atoms with Crippen molar-refractivity contribution < 1.29 is 9.53 Å². The van der Waals surface area contributed by atoms with Crippen molar-refractivity contribution in [1.29, 1.82) is 0 Å². The minimum Gasteiger partial charge on any atom is -0.372 e. The highest BCUT2D eigenvalue weighted by Gasteiger charge is 2.26. The van der Waals surface area contributed by atoms with E-state index in [1.165, 1.54) is 0 Å². The molecule has 0 saturated carbocycles. The monoisotopic (exact) mass is 301 g/mol. The lowest BCUT2D eigenvalue weighted by Gasteiger charge is -2.35. The van der Waals surface area contributed by atoms with Gasteiger partial charge in [-0.3, -0.25) is 4.79 Å². The second-order valence-electron chi connectivity index (χ2n) is 5.67. The maximum absolute atomic E-state index is 12.7. The quantitative estimate of drug-likeness (QED) is 0.831. The summed E-state index contributed by atoms with van der Waals surface area (Å²) < 4.78 is 7.26. The summed E-state index contributed by atoms with van der Waals surface area (Å²) in [6.07, 6.45) is 0.109. The Balaban J connectivity index is 1.86. The molecule has 0 aliphatic carbocycles. The van der Waals surface area contributed by atoms with Gasteiger partial charge in [0.15, 0.2) is 5.82 Å². The molecular weight excluding hydrogens is 282 g/mol. The van der Waals surface area contributed by atoms with Crippen molar-refractivity contribution in [2.45, 2.75) is 26.1 Å². The van der Waals surface area contributed by atoms with E-state index in [0.717, 1.165) is 5.56 Å². The van der Waals surface area contributed by atoms with Gasteiger partial charge in [-0.05, 0) is 36.4 Å². The maximum atomic E-state index is 12.7. The molecule has 1 saturated heterocycles. The van der Waals surface area contributed by atoms with Crippen LogP contribution in [-0.2, 0) is 11.8 Å². The van der Waals surface area contributed by atoms with Gasteiger partial charge in [-0.1, -0.05) is 12.1 Å². The standard InChI is InChI=1S/C15H19N5O2/c1-10-8-20(9-11(2)22-10)15(21)13-6-4-5-12(7-13)14-16-17-18-19(14)3/h4-7,10-11H,8-9H2,1-3H3/t10-,11+. The largest absolute Gasteiger partial charge is 0.372 e. The number of aryl methyl sites for hydroxylation is 1. The first kappa shape index (κ1) is 14.6. The second kappa shape index (κ2) is 5.84. The summed E-state index contributed by atoms with van der Waals surface area (Å²) in [7, 11) is 1.77. The van der Waals surface area contributed by atoms with Crippen LogP contribution in [0.3, 0.4) is 0 Å². The number of benzene rings is 1. The Kier molecular flexibility index (Phi) is 3.89. The van der Waals surface area contributed by atoms with Crippen molar-refractivity contribution >= 4 is 5.91 Å². The van der Waals surface area contributed by atoms with E-state index in [4.69, 9.17) is 4.74 Å². The maximum Gasteiger partial charge on any atom is 0.254 e. The van der Waals surface area contributed by atoms with Crippen LogP contribution in [0.15, 0.2) is 24.3 Å². The highest BCUT2D eigenvalue weighted by atomic mass is 16.5. The van der Waals surface area contributed by atoms with E-state index in [2.05, 4.69) is 15.5 Å². The van der Waals surface area contributed by atoms with E-state index in [1.807, 2.05) is 43.0 Å². The average molecular weight is 301 g/mol. The number of ether oxygens (including phenoxy) is 1. The summed E-state index contributed by atoms with van der Waals surface area (Å²) in [4.78, 5) is 14.5. The second-order valence-corrected chi connectivity index (χ2v) is 5.67. The van der Waals surface area contributed by atoms with E-state index >= 15 is 0 Å². The molecule has 1 aliphatic rings. The number of hydrogen-bond donors (Lipinski definition) is 0. The van der Waals surface area contributed by atoms with Crippen LogP contribution in [-0.4, -0.2) is 56.3 Å². The lowest BCUT2D eigenvalue weighted by Crippen LogP contribution is -2.48. The zero-order valence-electron chi connectivity index (χ0n) is 12.9. The highest BCUT2D eigenvalue weighted by molar-refractivity contribution is 5.95. The minimum absolute atomic E-state index is 0.0129. The van der Waals surface area contributed by atoms with Gasteiger partial charge in [-0.15, -0.1) is 5.10 Å². The summed E-state index contributed by atoms with van der Waals surface area (Å²) in [5.41, 5.74) is 1.47. The van der Waals surface area contributed by atoms with Crippen molar-refractivity contribution in [3.05, 3.63) is 29.8 Å². The Labute approximate surface area is 128 Å². The van der Waals surface area contributed by atoms with E-state index < -0.39 is 0 Å². The third kappa shape index (κ3) is 2.85. The van der Waals surface area contributed by atoms with Gasteiger partial charge in [-0.25, -0.2) is 4.68 Å². The van der Waals surface area contributed by atoms with Crippen molar-refractivity contribution in [3.63, 3.8) is 0 Å². The molecule has 1 aromatic carbocycles. The van der Waals surface area contributed by atoms with Crippen LogP contribution in [0.1, 0.15) is 24.2 Å². The Hall–Kier alpha value is -2.28. The fourth-order valence-corrected chi connectivity index (χ4v) is 2.79. The minimum atomic E-state index is 0.0129. The first-order chi connectivity index (χ1) is 10.5. The molecule has 0 unspecified atom stereocenters. The Bertz CT molecular complexity index is 674. The van der Waals surface area contributed by atoms with E-state index in [1.54, 1.807) is 11.7 Å². The summed E-state index contributed by atoms with van der Waals surface area (Å²) in [6, 6.07) is 7.40. The van der Waals surface area contributed by atoms with Crippen LogP contribution in [0.4, 0.5) is 0 Å². The van der Waals surface area contributed by atoms with Gasteiger partial charge in [0, 0.05) is 31.3 Å². The van der Waals surface area contributed by atoms with Gasteiger partial charge in [0.2, 0.25) is 0 Å². The molecule has 22 heavy (non-hydrogen) atoms. The van der Waals surface area contributed by atoms with Gasteiger partial charge in [0.1, 0.15) is 0 Å². The first-order valence-electron chi connectivity index (χ1n) is 7.32. The molecule has 2 atom stereocenters. The molecule has 2 aromatic rings. The number of carbonyl (C=O) groups is 1. The zero-order valence-corrected chi connectivity index (χ0v) is 12.9. The van der Waals surface area contributed by atoms with Crippen molar-refractivity contribution in [2.75, 3.05) is 13.1 Å². The molecule has 1 fully saturated rings. The van der Waals surface area contributed by atoms with Gasteiger partial charge >= 0.3 is 0 Å². The molecule has 0 bridgehead atoms. The molecule has 116 valence electrons. The van der Waals surface area contributed by atoms with Gasteiger partial charge < -0.3 is 9.64 Å². The summed E-state index contributed by atoms with van der Waals surface area (Å²) in [5.74, 6) is 0.650. The van der Waals surface area contributed by atoms with Crippen molar-refractivity contribution in [2.24, 2.45) is 7.05 Å². The number of tetrazole rings is 1. The Morgan fingerprint density at radius 1 is 1.27 bits per heavy atom. The molecule has 3 rings (SSSR count). The van der Waals surface area contributed by atoms with Crippen molar-refractivity contribution in [3.8, 4) is 11.4 Å². The fourth-order valence-electron chi connectivity index (χ4n) is 2.79. The van der Waals surface area contributed by atoms with Crippen molar-refractivity contribution in [1.82, 2.24) is 25.1 Å². The predicted molar refractivity (Wildman–Crippen MR) is 80.1 cm³/mol. The lowest BCUT2D eigenvalue weighted by atomic mass is 10.1. The van der Waals surface area contributed by atoms with Crippen LogP contribution < -0.4 is 0 Å². The van der Waals surface area contributed by atoms with E-state index in [0.29, 0.717) is 24.5 Å². The Morgan fingerprint density at radius 3 is 2.64 bits per heavy atom. The number of aromatic nitrogens is 4. The molecule has 2 heterocycles. The molecule has 7 nitrogen and oxygen atoms in total. The van der Waals surface area contributed by atoms with Crippen LogP contribution in [0.5, 0.6) is 0 Å². The molecule has 0 spiro atoms. The lowest BCUT2D eigenvalue weighted by molar-refractivity contribution is -0.0586. The van der Waals surface area contributed by atoms with Gasteiger partial charge in [0.25, 0.3) is 5.91 Å². The first-order valence-corrected chi connectivity index (χ1v) is 7.32. The van der Waals surface area contributed by atoms with Crippen LogP contribution in [0, 0.1) is 0 Å². The predicted octanol–water partition coefficient (Wildman–Crippen LogP) is 1.13. The number of hydrogen-bond acceptors (Lipinski definition) is 5. The average Bonchev–Trinajstić information content (AvgIpc) is 2.92. The van der Waals surface area contributed by atoms with E-state index in [-0.39, 0.29) is 18.1 Å². The number of morpholine rings is 1. The molecule has 7 heteroatoms. The number of amides is 1. The SMILES string of the molecule is C[C@@H]1CN(C(=O)c2cccc(-c3nnnn3C)c2)C[C@H](C)O1. The van der Waals surface area contributed by atoms with Gasteiger partial charge in [0.05, 0.1) is 12.2 Å². The highest BCUT2D eigenvalue weighted by Crippen LogP contribution is 2.19.